The smallest absolute Gasteiger partial charge is 0.310 e. The predicted molar refractivity (Wildman–Crippen MR) is 315 cm³/mol. The van der Waals surface area contributed by atoms with E-state index < -0.39 is 12.1 Å². The second-order valence-corrected chi connectivity index (χ2v) is 18.1. The van der Waals surface area contributed by atoms with Crippen molar-refractivity contribution in [1.82, 2.24) is 0 Å². The van der Waals surface area contributed by atoms with Crippen molar-refractivity contribution in [3.05, 3.63) is 170 Å². The summed E-state index contributed by atoms with van der Waals surface area (Å²) in [6.07, 6.45) is 88.0. The van der Waals surface area contributed by atoms with Crippen molar-refractivity contribution in [3.63, 3.8) is 0 Å². The van der Waals surface area contributed by atoms with E-state index in [1.165, 1.54) is 38.5 Å². The summed E-state index contributed by atoms with van der Waals surface area (Å²) >= 11 is 0. The number of carbonyl (C=O) groups excluding carboxylic acids is 3. The van der Waals surface area contributed by atoms with Gasteiger partial charge < -0.3 is 14.2 Å². The minimum absolute atomic E-state index is 0.0777. The molecule has 0 radical (unpaired) electrons. The fourth-order valence-electron chi connectivity index (χ4n) is 7.06. The fraction of sp³-hybridized carbons (Fsp3) is 0.537. The minimum atomic E-state index is -0.861. The molecule has 0 aliphatic heterocycles. The zero-order chi connectivity index (χ0) is 52.9. The summed E-state index contributed by atoms with van der Waals surface area (Å²) in [5.74, 6) is -1.13. The zero-order valence-electron chi connectivity index (χ0n) is 46.3. The minimum Gasteiger partial charge on any atom is -0.462 e. The third-order valence-electron chi connectivity index (χ3n) is 11.2. The van der Waals surface area contributed by atoms with Crippen LogP contribution in [0.5, 0.6) is 0 Å². The Hall–Kier alpha value is -5.23. The molecule has 0 amide bonds. The first-order valence-electron chi connectivity index (χ1n) is 28.6. The largest absolute Gasteiger partial charge is 0.462 e. The van der Waals surface area contributed by atoms with Crippen LogP contribution in [0.3, 0.4) is 0 Å². The molecular formula is C67H102O6. The summed E-state index contributed by atoms with van der Waals surface area (Å²) in [4.78, 5) is 38.1. The Morgan fingerprint density at radius 1 is 0.288 bits per heavy atom. The van der Waals surface area contributed by atoms with E-state index in [0.717, 1.165) is 122 Å². The van der Waals surface area contributed by atoms with Crippen molar-refractivity contribution < 1.29 is 28.6 Å². The van der Waals surface area contributed by atoms with E-state index in [9.17, 15) is 14.4 Å². The first-order valence-corrected chi connectivity index (χ1v) is 28.6. The molecule has 0 aromatic heterocycles. The Balaban J connectivity index is 4.51. The number of unbranched alkanes of at least 4 members (excludes halogenated alkanes) is 11. The van der Waals surface area contributed by atoms with Crippen LogP contribution in [-0.4, -0.2) is 37.2 Å². The van der Waals surface area contributed by atoms with E-state index in [2.05, 4.69) is 179 Å². The Bertz CT molecular complexity index is 1720. The Morgan fingerprint density at radius 2 is 0.534 bits per heavy atom. The van der Waals surface area contributed by atoms with Crippen LogP contribution in [0, 0.1) is 0 Å². The summed E-state index contributed by atoms with van der Waals surface area (Å²) in [7, 11) is 0. The molecule has 1 atom stereocenters. The van der Waals surface area contributed by atoms with Gasteiger partial charge in [-0.15, -0.1) is 0 Å². The maximum absolute atomic E-state index is 12.8. The van der Waals surface area contributed by atoms with Gasteiger partial charge in [0.25, 0.3) is 0 Å². The van der Waals surface area contributed by atoms with Crippen molar-refractivity contribution in [2.45, 2.75) is 219 Å². The molecular weight excluding hydrogens is 901 g/mol. The Kier molecular flexibility index (Phi) is 55.1. The SMILES string of the molecule is CC/C=C\C/C=C\C/C=C\C/C=C\C/C=C\CCCCCCCCCCCC(=O)OCC(COC(=O)CCCC/C=C\C/C=C\C/C=C\C/C=C\CC)OC(=O)C/C=C\C/C=C\C/C=C\C/C=C\C/C=C\CC. The number of ether oxygens (including phenoxy) is 3. The molecule has 1 unspecified atom stereocenters. The van der Waals surface area contributed by atoms with E-state index in [4.69, 9.17) is 14.2 Å². The average molecular weight is 1000 g/mol. The summed E-state index contributed by atoms with van der Waals surface area (Å²) < 4.78 is 16.7. The summed E-state index contributed by atoms with van der Waals surface area (Å²) in [5, 5.41) is 0. The second kappa shape index (κ2) is 59.3. The second-order valence-electron chi connectivity index (χ2n) is 18.1. The van der Waals surface area contributed by atoms with Gasteiger partial charge in [0.05, 0.1) is 6.42 Å². The van der Waals surface area contributed by atoms with Gasteiger partial charge in [0, 0.05) is 12.8 Å². The van der Waals surface area contributed by atoms with Gasteiger partial charge in [0.15, 0.2) is 6.10 Å². The molecule has 0 rings (SSSR count). The summed E-state index contributed by atoms with van der Waals surface area (Å²) in [6, 6.07) is 0. The summed E-state index contributed by atoms with van der Waals surface area (Å²) in [6.45, 7) is 6.15. The van der Waals surface area contributed by atoms with Crippen LogP contribution in [0.2, 0.25) is 0 Å². The van der Waals surface area contributed by atoms with Crippen LogP contribution < -0.4 is 0 Å². The third-order valence-corrected chi connectivity index (χ3v) is 11.2. The van der Waals surface area contributed by atoms with Crippen LogP contribution in [0.1, 0.15) is 213 Å². The molecule has 0 fully saturated rings. The molecule has 0 aromatic carbocycles. The number of hydrogen-bond acceptors (Lipinski definition) is 6. The van der Waals surface area contributed by atoms with Crippen LogP contribution in [0.15, 0.2) is 170 Å². The van der Waals surface area contributed by atoms with Crippen molar-refractivity contribution in [3.8, 4) is 0 Å². The Labute approximate surface area is 447 Å². The van der Waals surface area contributed by atoms with Gasteiger partial charge >= 0.3 is 17.9 Å². The molecule has 0 aromatic rings. The molecule has 0 aliphatic carbocycles. The molecule has 0 N–H and O–H groups in total. The molecule has 6 heteroatoms. The molecule has 0 saturated heterocycles. The van der Waals surface area contributed by atoms with Crippen molar-refractivity contribution >= 4 is 17.9 Å². The maximum atomic E-state index is 12.8. The van der Waals surface area contributed by atoms with Crippen LogP contribution in [0.4, 0.5) is 0 Å². The molecule has 0 heterocycles. The summed E-state index contributed by atoms with van der Waals surface area (Å²) in [5.41, 5.74) is 0. The van der Waals surface area contributed by atoms with Gasteiger partial charge in [-0.2, -0.15) is 0 Å². The number of carbonyl (C=O) groups is 3. The number of allylic oxidation sites excluding steroid dienone is 27. The normalized spacial score (nSPS) is 13.4. The lowest BCUT2D eigenvalue weighted by molar-refractivity contribution is -0.166. The standard InChI is InChI=1S/C67H102O6/c1-4-7-10-13-16-19-22-25-28-29-30-31-32-33-34-35-36-37-40-42-45-48-51-54-57-60-66(69)72-63-64(73-67(70)61-58-55-52-49-46-43-39-27-24-21-18-15-12-9-6-3)62-71-65(68)59-56-53-50-47-44-41-38-26-23-20-17-14-11-8-5-2/h7-12,16-21,25-28,30-31,33-34,38-39,44,46-47,49,55,58,64H,4-6,13-15,22-24,29,32,35-37,40-43,45,48,50-54,56-57,59-63H2,1-3H3/b10-7-,11-8-,12-9-,19-16-,20-17-,21-18-,28-25-,31-30-,34-33-,38-26-,39-27-,47-44-,49-46-,58-55-. The van der Waals surface area contributed by atoms with E-state index in [1.54, 1.807) is 6.08 Å². The molecule has 0 spiro atoms. The predicted octanol–water partition coefficient (Wildman–Crippen LogP) is 19.5. The van der Waals surface area contributed by atoms with Crippen molar-refractivity contribution in [2.75, 3.05) is 13.2 Å². The lowest BCUT2D eigenvalue weighted by atomic mass is 10.1. The highest BCUT2D eigenvalue weighted by Gasteiger charge is 2.19. The highest BCUT2D eigenvalue weighted by atomic mass is 16.6. The van der Waals surface area contributed by atoms with Gasteiger partial charge in [0.1, 0.15) is 13.2 Å². The molecule has 6 nitrogen and oxygen atoms in total. The lowest BCUT2D eigenvalue weighted by Crippen LogP contribution is -2.30. The highest BCUT2D eigenvalue weighted by Crippen LogP contribution is 2.13. The average Bonchev–Trinajstić information content (AvgIpc) is 3.39. The van der Waals surface area contributed by atoms with Gasteiger partial charge in [-0.1, -0.05) is 236 Å². The van der Waals surface area contributed by atoms with Gasteiger partial charge in [-0.05, 0) is 128 Å². The van der Waals surface area contributed by atoms with Crippen LogP contribution in [0.25, 0.3) is 0 Å². The topological polar surface area (TPSA) is 78.9 Å². The van der Waals surface area contributed by atoms with Crippen molar-refractivity contribution in [1.29, 1.82) is 0 Å². The number of hydrogen-bond donors (Lipinski definition) is 0. The van der Waals surface area contributed by atoms with E-state index in [-0.39, 0.29) is 38.0 Å². The van der Waals surface area contributed by atoms with Crippen molar-refractivity contribution in [2.24, 2.45) is 0 Å². The molecule has 406 valence electrons. The number of rotatable bonds is 49. The highest BCUT2D eigenvalue weighted by molar-refractivity contribution is 5.72. The molecule has 0 bridgehead atoms. The van der Waals surface area contributed by atoms with E-state index in [0.29, 0.717) is 19.3 Å². The van der Waals surface area contributed by atoms with Gasteiger partial charge in [-0.3, -0.25) is 14.4 Å². The van der Waals surface area contributed by atoms with Crippen LogP contribution >= 0.6 is 0 Å². The molecule has 0 saturated carbocycles. The maximum Gasteiger partial charge on any atom is 0.310 e. The van der Waals surface area contributed by atoms with E-state index in [1.807, 2.05) is 6.08 Å². The monoisotopic (exact) mass is 1000 g/mol. The molecule has 0 aliphatic rings. The Morgan fingerprint density at radius 3 is 0.863 bits per heavy atom. The fourth-order valence-corrected chi connectivity index (χ4v) is 7.06. The van der Waals surface area contributed by atoms with Crippen LogP contribution in [-0.2, 0) is 28.6 Å². The molecule has 73 heavy (non-hydrogen) atoms. The zero-order valence-corrected chi connectivity index (χ0v) is 46.3. The first-order chi connectivity index (χ1) is 36.0. The first kappa shape index (κ1) is 67.8. The quantitative estimate of drug-likeness (QED) is 0.0261. The number of esters is 3. The van der Waals surface area contributed by atoms with Gasteiger partial charge in [0.2, 0.25) is 0 Å². The third kappa shape index (κ3) is 57.5. The van der Waals surface area contributed by atoms with E-state index >= 15 is 0 Å². The lowest BCUT2D eigenvalue weighted by Gasteiger charge is -2.18. The van der Waals surface area contributed by atoms with Gasteiger partial charge in [-0.25, -0.2) is 0 Å².